The number of nitrogens with zero attached hydrogens (tertiary/aromatic N) is 1. The van der Waals surface area contributed by atoms with E-state index in [0.717, 1.165) is 0 Å². The Hall–Kier alpha value is -1.46. The van der Waals surface area contributed by atoms with Crippen molar-refractivity contribution in [2.24, 2.45) is 0 Å². The Labute approximate surface area is 85.3 Å². The van der Waals surface area contributed by atoms with E-state index in [9.17, 15) is 13.2 Å². The monoisotopic (exact) mass is 220 g/mol. The predicted octanol–water partition coefficient (Wildman–Crippen LogP) is 2.45. The maximum absolute atomic E-state index is 11.8. The highest BCUT2D eigenvalue weighted by Gasteiger charge is 2.28. The lowest BCUT2D eigenvalue weighted by Crippen LogP contribution is -2.19. The van der Waals surface area contributed by atoms with Crippen molar-refractivity contribution in [3.63, 3.8) is 0 Å². The van der Waals surface area contributed by atoms with E-state index in [0.29, 0.717) is 12.4 Å². The van der Waals surface area contributed by atoms with Crippen LogP contribution < -0.4 is 10.1 Å². The number of hydrogen-bond donors (Lipinski definition) is 1. The van der Waals surface area contributed by atoms with Gasteiger partial charge in [-0.1, -0.05) is 6.07 Å². The van der Waals surface area contributed by atoms with E-state index in [-0.39, 0.29) is 5.88 Å². The summed E-state index contributed by atoms with van der Waals surface area (Å²) >= 11 is 0. The van der Waals surface area contributed by atoms with Gasteiger partial charge in [-0.15, -0.1) is 0 Å². The Morgan fingerprint density at radius 3 is 2.73 bits per heavy atom. The Morgan fingerprint density at radius 2 is 2.13 bits per heavy atom. The van der Waals surface area contributed by atoms with Gasteiger partial charge in [0.05, 0.1) is 0 Å². The van der Waals surface area contributed by atoms with Gasteiger partial charge in [0.15, 0.2) is 6.61 Å². The summed E-state index contributed by atoms with van der Waals surface area (Å²) in [7, 11) is 0. The van der Waals surface area contributed by atoms with Gasteiger partial charge in [0, 0.05) is 12.6 Å². The second-order valence-electron chi connectivity index (χ2n) is 2.80. The zero-order valence-corrected chi connectivity index (χ0v) is 8.14. The molecule has 0 radical (unpaired) electrons. The average molecular weight is 220 g/mol. The van der Waals surface area contributed by atoms with Crippen LogP contribution in [-0.4, -0.2) is 24.3 Å². The van der Waals surface area contributed by atoms with Gasteiger partial charge >= 0.3 is 6.18 Å². The molecule has 6 heteroatoms. The van der Waals surface area contributed by atoms with E-state index >= 15 is 0 Å². The maximum Gasteiger partial charge on any atom is 0.422 e. The summed E-state index contributed by atoms with van der Waals surface area (Å²) in [5.41, 5.74) is 0. The Morgan fingerprint density at radius 1 is 1.40 bits per heavy atom. The van der Waals surface area contributed by atoms with Crippen molar-refractivity contribution in [1.82, 2.24) is 4.98 Å². The summed E-state index contributed by atoms with van der Waals surface area (Å²) in [5.74, 6) is 0.461. The van der Waals surface area contributed by atoms with Crippen LogP contribution in [0.4, 0.5) is 19.0 Å². The third kappa shape index (κ3) is 4.53. The Bertz CT molecular complexity index is 314. The van der Waals surface area contributed by atoms with Gasteiger partial charge in [0.1, 0.15) is 5.82 Å². The second kappa shape index (κ2) is 4.86. The highest BCUT2D eigenvalue weighted by molar-refractivity contribution is 5.36. The predicted molar refractivity (Wildman–Crippen MR) is 50.0 cm³/mol. The fourth-order valence-electron chi connectivity index (χ4n) is 0.931. The van der Waals surface area contributed by atoms with Crippen molar-refractivity contribution < 1.29 is 17.9 Å². The third-order valence-corrected chi connectivity index (χ3v) is 1.47. The minimum atomic E-state index is -4.34. The topological polar surface area (TPSA) is 34.1 Å². The molecule has 0 aliphatic heterocycles. The lowest BCUT2D eigenvalue weighted by atomic mass is 10.4. The molecule has 0 saturated heterocycles. The molecule has 0 unspecified atom stereocenters. The molecular formula is C9H11F3N2O. The molecule has 15 heavy (non-hydrogen) atoms. The Kier molecular flexibility index (Phi) is 3.76. The fourth-order valence-corrected chi connectivity index (χ4v) is 0.931. The molecule has 3 nitrogen and oxygen atoms in total. The van der Waals surface area contributed by atoms with Gasteiger partial charge in [-0.3, -0.25) is 0 Å². The minimum Gasteiger partial charge on any atom is -0.468 e. The number of ether oxygens (including phenoxy) is 1. The molecule has 0 atom stereocenters. The first-order valence-corrected chi connectivity index (χ1v) is 4.42. The Balaban J connectivity index is 2.57. The standard InChI is InChI=1S/C9H11F3N2O/c1-2-13-7-4-3-5-8(14-7)15-6-9(10,11)12/h3-5H,2,6H2,1H3,(H,13,14). The zero-order chi connectivity index (χ0) is 11.3. The molecule has 0 saturated carbocycles. The first kappa shape index (κ1) is 11.6. The lowest BCUT2D eigenvalue weighted by Gasteiger charge is -2.09. The van der Waals surface area contributed by atoms with E-state index in [1.165, 1.54) is 6.07 Å². The van der Waals surface area contributed by atoms with E-state index in [1.54, 1.807) is 12.1 Å². The van der Waals surface area contributed by atoms with Crippen molar-refractivity contribution in [3.8, 4) is 5.88 Å². The van der Waals surface area contributed by atoms with Gasteiger partial charge in [0.25, 0.3) is 0 Å². The smallest absolute Gasteiger partial charge is 0.422 e. The van der Waals surface area contributed by atoms with Crippen LogP contribution in [0.15, 0.2) is 18.2 Å². The summed E-state index contributed by atoms with van der Waals surface area (Å²) in [6, 6.07) is 4.62. The highest BCUT2D eigenvalue weighted by atomic mass is 19.4. The first-order valence-electron chi connectivity index (χ1n) is 4.42. The molecule has 0 bridgehead atoms. The van der Waals surface area contributed by atoms with Gasteiger partial charge < -0.3 is 10.1 Å². The fraction of sp³-hybridized carbons (Fsp3) is 0.444. The van der Waals surface area contributed by atoms with Crippen molar-refractivity contribution in [3.05, 3.63) is 18.2 Å². The minimum absolute atomic E-state index is 0.0363. The van der Waals surface area contributed by atoms with E-state index in [2.05, 4.69) is 15.0 Å². The summed E-state index contributed by atoms with van der Waals surface area (Å²) in [4.78, 5) is 3.83. The number of nitrogens with one attached hydrogen (secondary N) is 1. The third-order valence-electron chi connectivity index (χ3n) is 1.47. The van der Waals surface area contributed by atoms with Crippen LogP contribution in [-0.2, 0) is 0 Å². The molecule has 1 heterocycles. The van der Waals surface area contributed by atoms with E-state index in [1.807, 2.05) is 6.92 Å². The van der Waals surface area contributed by atoms with Crippen molar-refractivity contribution in [2.75, 3.05) is 18.5 Å². The molecule has 0 amide bonds. The van der Waals surface area contributed by atoms with Crippen molar-refractivity contribution in [1.29, 1.82) is 0 Å². The van der Waals surface area contributed by atoms with Crippen molar-refractivity contribution in [2.45, 2.75) is 13.1 Å². The van der Waals surface area contributed by atoms with Gasteiger partial charge in [-0.05, 0) is 13.0 Å². The number of hydrogen-bond acceptors (Lipinski definition) is 3. The van der Waals surface area contributed by atoms with Crippen LogP contribution in [0.2, 0.25) is 0 Å². The number of alkyl halides is 3. The van der Waals surface area contributed by atoms with E-state index < -0.39 is 12.8 Å². The van der Waals surface area contributed by atoms with Crippen LogP contribution in [0.5, 0.6) is 5.88 Å². The van der Waals surface area contributed by atoms with Crippen LogP contribution >= 0.6 is 0 Å². The molecular weight excluding hydrogens is 209 g/mol. The quantitative estimate of drug-likeness (QED) is 0.846. The van der Waals surface area contributed by atoms with Crippen LogP contribution in [0.25, 0.3) is 0 Å². The SMILES string of the molecule is CCNc1cccc(OCC(F)(F)F)n1. The zero-order valence-electron chi connectivity index (χ0n) is 8.14. The van der Waals surface area contributed by atoms with Crippen molar-refractivity contribution >= 4 is 5.82 Å². The van der Waals surface area contributed by atoms with Crippen LogP contribution in [0, 0.1) is 0 Å². The van der Waals surface area contributed by atoms with Gasteiger partial charge in [0.2, 0.25) is 5.88 Å². The molecule has 1 N–H and O–H groups in total. The molecule has 0 aromatic carbocycles. The molecule has 0 spiro atoms. The number of pyridine rings is 1. The molecule has 0 fully saturated rings. The highest BCUT2D eigenvalue weighted by Crippen LogP contribution is 2.17. The van der Waals surface area contributed by atoms with Crippen LogP contribution in [0.1, 0.15) is 6.92 Å². The second-order valence-corrected chi connectivity index (χ2v) is 2.80. The molecule has 1 aromatic rings. The normalized spacial score (nSPS) is 11.2. The summed E-state index contributed by atoms with van der Waals surface area (Å²) in [6.45, 7) is 1.19. The number of rotatable bonds is 4. The molecule has 1 rings (SSSR count). The van der Waals surface area contributed by atoms with Gasteiger partial charge in [-0.25, -0.2) is 0 Å². The molecule has 84 valence electrons. The number of aromatic nitrogens is 1. The van der Waals surface area contributed by atoms with Crippen LogP contribution in [0.3, 0.4) is 0 Å². The first-order chi connectivity index (χ1) is 7.01. The summed E-state index contributed by atoms with van der Waals surface area (Å²) < 4.78 is 39.9. The lowest BCUT2D eigenvalue weighted by molar-refractivity contribution is -0.154. The number of anilines is 1. The van der Waals surface area contributed by atoms with E-state index in [4.69, 9.17) is 0 Å². The summed E-state index contributed by atoms with van der Waals surface area (Å²) in [6.07, 6.45) is -4.34. The number of halogens is 3. The van der Waals surface area contributed by atoms with Gasteiger partial charge in [-0.2, -0.15) is 18.2 Å². The molecule has 1 aromatic heterocycles. The maximum atomic E-state index is 11.8. The average Bonchev–Trinajstić information content (AvgIpc) is 2.15. The molecule has 0 aliphatic carbocycles. The molecule has 0 aliphatic rings. The summed E-state index contributed by atoms with van der Waals surface area (Å²) in [5, 5.41) is 2.87. The largest absolute Gasteiger partial charge is 0.468 e.